The number of anilines is 1. The third-order valence-corrected chi connectivity index (χ3v) is 5.15. The summed E-state index contributed by atoms with van der Waals surface area (Å²) in [5.74, 6) is 0.248. The van der Waals surface area contributed by atoms with Crippen molar-refractivity contribution in [1.29, 1.82) is 0 Å². The number of rotatable bonds is 3. The smallest absolute Gasteiger partial charge is 0.229 e. The molecule has 2 aliphatic heterocycles. The van der Waals surface area contributed by atoms with Crippen LogP contribution in [0.4, 0.5) is 10.3 Å². The van der Waals surface area contributed by atoms with Gasteiger partial charge in [0.05, 0.1) is 12.0 Å². The van der Waals surface area contributed by atoms with Gasteiger partial charge in [0.15, 0.2) is 0 Å². The molecule has 1 aromatic carbocycles. The molecular weight excluding hydrogens is 347 g/mol. The quantitative estimate of drug-likeness (QED) is 0.844. The SMILES string of the molecule is O=C(C1CNNC1c1cccc(F)c1)N1CCCN(c2ncccn2)CC1. The molecule has 1 amide bonds. The minimum Gasteiger partial charge on any atom is -0.341 e. The van der Waals surface area contributed by atoms with Gasteiger partial charge in [0.1, 0.15) is 5.82 Å². The van der Waals surface area contributed by atoms with Crippen LogP contribution in [0.25, 0.3) is 0 Å². The fraction of sp³-hybridized carbons (Fsp3) is 0.421. The zero-order valence-electron chi connectivity index (χ0n) is 15.0. The first-order chi connectivity index (χ1) is 13.2. The molecule has 2 aliphatic rings. The van der Waals surface area contributed by atoms with Crippen LogP contribution >= 0.6 is 0 Å². The second-order valence-corrected chi connectivity index (χ2v) is 6.88. The largest absolute Gasteiger partial charge is 0.341 e. The predicted octanol–water partition coefficient (Wildman–Crippen LogP) is 1.12. The van der Waals surface area contributed by atoms with Gasteiger partial charge in [-0.3, -0.25) is 10.2 Å². The third kappa shape index (κ3) is 3.91. The Labute approximate surface area is 157 Å². The van der Waals surface area contributed by atoms with Crippen LogP contribution in [0.3, 0.4) is 0 Å². The average Bonchev–Trinajstić information content (AvgIpc) is 3.06. The van der Waals surface area contributed by atoms with Gasteiger partial charge < -0.3 is 9.80 Å². The molecular formula is C19H23FN6O. The van der Waals surface area contributed by atoms with Crippen LogP contribution in [-0.4, -0.2) is 53.5 Å². The number of carbonyl (C=O) groups excluding carboxylic acids is 1. The molecule has 2 N–H and O–H groups in total. The molecule has 2 atom stereocenters. The van der Waals surface area contributed by atoms with E-state index in [0.717, 1.165) is 18.5 Å². The van der Waals surface area contributed by atoms with Crippen LogP contribution in [-0.2, 0) is 4.79 Å². The van der Waals surface area contributed by atoms with E-state index in [1.165, 1.54) is 12.1 Å². The van der Waals surface area contributed by atoms with E-state index >= 15 is 0 Å². The second-order valence-electron chi connectivity index (χ2n) is 6.88. The van der Waals surface area contributed by atoms with Crippen LogP contribution in [0.5, 0.6) is 0 Å². The number of carbonyl (C=O) groups is 1. The van der Waals surface area contributed by atoms with E-state index in [0.29, 0.717) is 32.1 Å². The molecule has 0 spiro atoms. The summed E-state index contributed by atoms with van der Waals surface area (Å²) in [4.78, 5) is 25.8. The molecule has 142 valence electrons. The maximum atomic E-state index is 13.6. The predicted molar refractivity (Wildman–Crippen MR) is 99.2 cm³/mol. The summed E-state index contributed by atoms with van der Waals surface area (Å²) < 4.78 is 13.6. The third-order valence-electron chi connectivity index (χ3n) is 5.15. The van der Waals surface area contributed by atoms with Crippen LogP contribution in [0.1, 0.15) is 18.0 Å². The van der Waals surface area contributed by atoms with Gasteiger partial charge in [0, 0.05) is 45.1 Å². The fourth-order valence-electron chi connectivity index (χ4n) is 3.77. The van der Waals surface area contributed by atoms with E-state index in [-0.39, 0.29) is 23.7 Å². The van der Waals surface area contributed by atoms with Crippen molar-refractivity contribution in [3.05, 3.63) is 54.1 Å². The van der Waals surface area contributed by atoms with Crippen molar-refractivity contribution in [2.45, 2.75) is 12.5 Å². The van der Waals surface area contributed by atoms with Crippen molar-refractivity contribution in [3.8, 4) is 0 Å². The van der Waals surface area contributed by atoms with Gasteiger partial charge in [0.25, 0.3) is 0 Å². The van der Waals surface area contributed by atoms with Crippen molar-refractivity contribution >= 4 is 11.9 Å². The molecule has 0 radical (unpaired) electrons. The van der Waals surface area contributed by atoms with Crippen LogP contribution in [0.2, 0.25) is 0 Å². The lowest BCUT2D eigenvalue weighted by molar-refractivity contribution is -0.135. The van der Waals surface area contributed by atoms with Gasteiger partial charge in [0.2, 0.25) is 11.9 Å². The van der Waals surface area contributed by atoms with Crippen molar-refractivity contribution in [3.63, 3.8) is 0 Å². The van der Waals surface area contributed by atoms with E-state index < -0.39 is 0 Å². The first kappa shape index (κ1) is 17.8. The Hall–Kier alpha value is -2.58. The molecule has 0 aliphatic carbocycles. The maximum Gasteiger partial charge on any atom is 0.229 e. The number of hydrazine groups is 1. The first-order valence-electron chi connectivity index (χ1n) is 9.27. The Bertz CT molecular complexity index is 789. The molecule has 8 heteroatoms. The number of benzene rings is 1. The Morgan fingerprint density at radius 2 is 1.96 bits per heavy atom. The Kier molecular flexibility index (Phi) is 5.26. The Balaban J connectivity index is 1.44. The molecule has 3 heterocycles. The summed E-state index contributed by atoms with van der Waals surface area (Å²) in [5.41, 5.74) is 6.97. The lowest BCUT2D eigenvalue weighted by atomic mass is 9.93. The zero-order valence-corrected chi connectivity index (χ0v) is 15.0. The molecule has 2 fully saturated rings. The van der Waals surface area contributed by atoms with Gasteiger partial charge in [-0.2, -0.15) is 0 Å². The number of nitrogens with one attached hydrogen (secondary N) is 2. The summed E-state index contributed by atoms with van der Waals surface area (Å²) in [5, 5.41) is 0. The molecule has 4 rings (SSSR count). The molecule has 27 heavy (non-hydrogen) atoms. The Morgan fingerprint density at radius 1 is 1.11 bits per heavy atom. The van der Waals surface area contributed by atoms with Gasteiger partial charge in [-0.1, -0.05) is 12.1 Å². The van der Waals surface area contributed by atoms with Crippen molar-refractivity contribution in [2.75, 3.05) is 37.6 Å². The standard InChI is InChI=1S/C19H23FN6O/c20-15-5-1-4-14(12-15)17-16(13-23-24-17)18(27)25-8-3-9-26(11-10-25)19-21-6-2-7-22-19/h1-2,4-7,12,16-17,23-24H,3,8-11,13H2. The van der Waals surface area contributed by atoms with Crippen LogP contribution < -0.4 is 15.8 Å². The molecule has 1 aromatic heterocycles. The van der Waals surface area contributed by atoms with E-state index in [9.17, 15) is 9.18 Å². The second kappa shape index (κ2) is 7.98. The highest BCUT2D eigenvalue weighted by atomic mass is 19.1. The van der Waals surface area contributed by atoms with Crippen LogP contribution in [0.15, 0.2) is 42.7 Å². The van der Waals surface area contributed by atoms with E-state index in [2.05, 4.69) is 25.7 Å². The highest BCUT2D eigenvalue weighted by molar-refractivity contribution is 5.80. The maximum absolute atomic E-state index is 13.6. The molecule has 0 bridgehead atoms. The van der Waals surface area contributed by atoms with E-state index in [1.54, 1.807) is 24.5 Å². The minimum atomic E-state index is -0.291. The molecule has 0 saturated carbocycles. The van der Waals surface area contributed by atoms with E-state index in [1.807, 2.05) is 11.0 Å². The van der Waals surface area contributed by atoms with Gasteiger partial charge in [-0.15, -0.1) is 0 Å². The zero-order chi connectivity index (χ0) is 18.6. The number of hydrogen-bond donors (Lipinski definition) is 2. The van der Waals surface area contributed by atoms with Crippen molar-refractivity contribution in [1.82, 2.24) is 25.7 Å². The number of aromatic nitrogens is 2. The molecule has 2 saturated heterocycles. The van der Waals surface area contributed by atoms with Crippen molar-refractivity contribution < 1.29 is 9.18 Å². The summed E-state index contributed by atoms with van der Waals surface area (Å²) in [6, 6.07) is 7.99. The fourth-order valence-corrected chi connectivity index (χ4v) is 3.77. The average molecular weight is 370 g/mol. The van der Waals surface area contributed by atoms with Gasteiger partial charge in [-0.25, -0.2) is 19.8 Å². The Morgan fingerprint density at radius 3 is 2.78 bits per heavy atom. The van der Waals surface area contributed by atoms with Gasteiger partial charge in [-0.05, 0) is 30.2 Å². The highest BCUT2D eigenvalue weighted by Gasteiger charge is 2.37. The lowest BCUT2D eigenvalue weighted by Crippen LogP contribution is -2.41. The number of nitrogens with zero attached hydrogens (tertiary/aromatic N) is 4. The molecule has 7 nitrogen and oxygen atoms in total. The van der Waals surface area contributed by atoms with Gasteiger partial charge >= 0.3 is 0 Å². The molecule has 2 aromatic rings. The van der Waals surface area contributed by atoms with Crippen LogP contribution in [0, 0.1) is 11.7 Å². The highest BCUT2D eigenvalue weighted by Crippen LogP contribution is 2.27. The lowest BCUT2D eigenvalue weighted by Gasteiger charge is -2.27. The molecule has 2 unspecified atom stereocenters. The minimum absolute atomic E-state index is 0.0950. The van der Waals surface area contributed by atoms with E-state index in [4.69, 9.17) is 0 Å². The number of amides is 1. The summed E-state index contributed by atoms with van der Waals surface area (Å²) in [6.07, 6.45) is 4.33. The topological polar surface area (TPSA) is 73.4 Å². The number of hydrogen-bond acceptors (Lipinski definition) is 6. The summed E-state index contributed by atoms with van der Waals surface area (Å²) >= 11 is 0. The summed E-state index contributed by atoms with van der Waals surface area (Å²) in [7, 11) is 0. The summed E-state index contributed by atoms with van der Waals surface area (Å²) in [6.45, 7) is 3.39. The van der Waals surface area contributed by atoms with Crippen molar-refractivity contribution in [2.24, 2.45) is 5.92 Å². The first-order valence-corrected chi connectivity index (χ1v) is 9.27. The monoisotopic (exact) mass is 370 g/mol. The normalized spacial score (nSPS) is 23.3. The number of halogens is 1.